The Balaban J connectivity index is 2.85. The molecule has 0 radical (unpaired) electrons. The van der Waals surface area contributed by atoms with Crippen LogP contribution in [0.15, 0.2) is 18.3 Å². The first-order chi connectivity index (χ1) is 6.27. The Kier molecular flexibility index (Phi) is 3.40. The number of carbonyl (C=O) groups is 1. The van der Waals surface area contributed by atoms with Gasteiger partial charge in [-0.15, -0.1) is 0 Å². The van der Waals surface area contributed by atoms with Gasteiger partial charge in [0.2, 0.25) is 0 Å². The summed E-state index contributed by atoms with van der Waals surface area (Å²) in [5.74, 6) is -0.137. The number of aromatic nitrogens is 1. The van der Waals surface area contributed by atoms with Crippen LogP contribution in [0.25, 0.3) is 0 Å². The van der Waals surface area contributed by atoms with Crippen LogP contribution in [0.5, 0.6) is 0 Å². The van der Waals surface area contributed by atoms with Gasteiger partial charge in [0.25, 0.3) is 5.91 Å². The number of rotatable bonds is 3. The molecule has 1 aromatic rings. The third-order valence-corrected chi connectivity index (χ3v) is 1.67. The summed E-state index contributed by atoms with van der Waals surface area (Å²) in [5, 5.41) is 11.2. The third-order valence-electron chi connectivity index (χ3n) is 1.67. The second-order valence-corrected chi connectivity index (χ2v) is 2.59. The van der Waals surface area contributed by atoms with E-state index in [0.29, 0.717) is 12.0 Å². The molecule has 0 saturated carbocycles. The monoisotopic (exact) mass is 180 g/mol. The number of nitrogens with one attached hydrogen (secondary N) is 1. The average Bonchev–Trinajstić information content (AvgIpc) is 2.18. The highest BCUT2D eigenvalue weighted by molar-refractivity contribution is 5.93. The van der Waals surface area contributed by atoms with Crippen molar-refractivity contribution in [1.29, 1.82) is 0 Å². The van der Waals surface area contributed by atoms with E-state index in [-0.39, 0.29) is 12.5 Å². The summed E-state index contributed by atoms with van der Waals surface area (Å²) < 4.78 is 0. The molecule has 0 unspecified atom stereocenters. The first-order valence-electron chi connectivity index (χ1n) is 4.06. The first-order valence-corrected chi connectivity index (χ1v) is 4.06. The molecule has 2 N–H and O–H groups in total. The lowest BCUT2D eigenvalue weighted by atomic mass is 10.2. The number of pyridine rings is 1. The molecular formula is C9H12N2O2. The Bertz CT molecular complexity index is 299. The van der Waals surface area contributed by atoms with Crippen molar-refractivity contribution < 1.29 is 9.90 Å². The number of aliphatic hydroxyl groups is 1. The van der Waals surface area contributed by atoms with Gasteiger partial charge in [0.05, 0.1) is 0 Å². The molecule has 70 valence electrons. The van der Waals surface area contributed by atoms with Crippen molar-refractivity contribution in [2.24, 2.45) is 0 Å². The fourth-order valence-electron chi connectivity index (χ4n) is 1.02. The highest BCUT2D eigenvalue weighted by Crippen LogP contribution is 2.01. The SMILES string of the molecule is CNC(=O)c1ccnc(CCO)c1. The molecule has 0 spiro atoms. The van der Waals surface area contributed by atoms with Crippen molar-refractivity contribution in [3.8, 4) is 0 Å². The lowest BCUT2D eigenvalue weighted by Crippen LogP contribution is -2.18. The van der Waals surface area contributed by atoms with E-state index in [9.17, 15) is 4.79 Å². The smallest absolute Gasteiger partial charge is 0.251 e. The molecule has 0 aromatic carbocycles. The summed E-state index contributed by atoms with van der Waals surface area (Å²) in [6.45, 7) is 0.0458. The van der Waals surface area contributed by atoms with E-state index < -0.39 is 0 Å². The van der Waals surface area contributed by atoms with Gasteiger partial charge >= 0.3 is 0 Å². The first kappa shape index (κ1) is 9.67. The number of hydrogen-bond acceptors (Lipinski definition) is 3. The highest BCUT2D eigenvalue weighted by Gasteiger charge is 2.03. The molecule has 1 amide bonds. The van der Waals surface area contributed by atoms with Gasteiger partial charge in [-0.3, -0.25) is 9.78 Å². The summed E-state index contributed by atoms with van der Waals surface area (Å²) in [6, 6.07) is 3.31. The Hall–Kier alpha value is -1.42. The van der Waals surface area contributed by atoms with Crippen LogP contribution in [0, 0.1) is 0 Å². The maximum absolute atomic E-state index is 11.2. The third kappa shape index (κ3) is 2.52. The quantitative estimate of drug-likeness (QED) is 0.687. The molecule has 4 heteroatoms. The maximum atomic E-state index is 11.2. The standard InChI is InChI=1S/C9H12N2O2/c1-10-9(13)7-2-4-11-8(6-7)3-5-12/h2,4,6,12H,3,5H2,1H3,(H,10,13). The lowest BCUT2D eigenvalue weighted by molar-refractivity contribution is 0.0963. The molecule has 4 nitrogen and oxygen atoms in total. The minimum Gasteiger partial charge on any atom is -0.396 e. The second-order valence-electron chi connectivity index (χ2n) is 2.59. The molecule has 0 saturated heterocycles. The predicted molar refractivity (Wildman–Crippen MR) is 48.4 cm³/mol. The van der Waals surface area contributed by atoms with Gasteiger partial charge in [-0.2, -0.15) is 0 Å². The number of carbonyl (C=O) groups excluding carboxylic acids is 1. The van der Waals surface area contributed by atoms with Crippen molar-refractivity contribution in [3.05, 3.63) is 29.6 Å². The molecule has 1 heterocycles. The maximum Gasteiger partial charge on any atom is 0.251 e. The largest absolute Gasteiger partial charge is 0.396 e. The zero-order chi connectivity index (χ0) is 9.68. The van der Waals surface area contributed by atoms with Crippen molar-refractivity contribution in [1.82, 2.24) is 10.3 Å². The van der Waals surface area contributed by atoms with Crippen LogP contribution in [-0.2, 0) is 6.42 Å². The van der Waals surface area contributed by atoms with Crippen LogP contribution < -0.4 is 5.32 Å². The minimum absolute atomic E-state index is 0.0458. The summed E-state index contributed by atoms with van der Waals surface area (Å²) in [5.41, 5.74) is 1.30. The van der Waals surface area contributed by atoms with E-state index in [2.05, 4.69) is 10.3 Å². The van der Waals surface area contributed by atoms with E-state index >= 15 is 0 Å². The number of hydrogen-bond donors (Lipinski definition) is 2. The van der Waals surface area contributed by atoms with Gasteiger partial charge in [-0.25, -0.2) is 0 Å². The van der Waals surface area contributed by atoms with E-state index in [1.54, 1.807) is 25.4 Å². The summed E-state index contributed by atoms with van der Waals surface area (Å²) in [6.07, 6.45) is 2.04. The van der Waals surface area contributed by atoms with Gasteiger partial charge in [0.15, 0.2) is 0 Å². The topological polar surface area (TPSA) is 62.2 Å². The Morgan fingerprint density at radius 2 is 2.46 bits per heavy atom. The van der Waals surface area contributed by atoms with Gasteiger partial charge < -0.3 is 10.4 Å². The molecule has 1 rings (SSSR count). The van der Waals surface area contributed by atoms with Gasteiger partial charge in [-0.05, 0) is 12.1 Å². The molecule has 0 aliphatic heterocycles. The normalized spacial score (nSPS) is 9.69. The molecule has 0 aliphatic rings. The van der Waals surface area contributed by atoms with Crippen molar-refractivity contribution in [3.63, 3.8) is 0 Å². The Morgan fingerprint density at radius 1 is 1.69 bits per heavy atom. The summed E-state index contributed by atoms with van der Waals surface area (Å²) in [4.78, 5) is 15.2. The van der Waals surface area contributed by atoms with E-state index in [0.717, 1.165) is 5.69 Å². The van der Waals surface area contributed by atoms with Crippen molar-refractivity contribution in [2.45, 2.75) is 6.42 Å². The minimum atomic E-state index is -0.137. The molecule has 1 aromatic heterocycles. The predicted octanol–water partition coefficient (Wildman–Crippen LogP) is -0.0240. The van der Waals surface area contributed by atoms with Gasteiger partial charge in [0, 0.05) is 37.5 Å². The van der Waals surface area contributed by atoms with Crippen molar-refractivity contribution in [2.75, 3.05) is 13.7 Å². The highest BCUT2D eigenvalue weighted by atomic mass is 16.3. The van der Waals surface area contributed by atoms with Crippen LogP contribution in [0.4, 0.5) is 0 Å². The number of amides is 1. The second kappa shape index (κ2) is 4.57. The van der Waals surface area contributed by atoms with Crippen LogP contribution in [-0.4, -0.2) is 29.7 Å². The molecule has 0 fully saturated rings. The molecule has 0 aliphatic carbocycles. The molecular weight excluding hydrogens is 168 g/mol. The number of aliphatic hydroxyl groups excluding tert-OH is 1. The van der Waals surface area contributed by atoms with Crippen LogP contribution >= 0.6 is 0 Å². The Labute approximate surface area is 76.6 Å². The van der Waals surface area contributed by atoms with E-state index in [4.69, 9.17) is 5.11 Å². The van der Waals surface area contributed by atoms with E-state index in [1.807, 2.05) is 0 Å². The molecule has 0 atom stereocenters. The van der Waals surface area contributed by atoms with Gasteiger partial charge in [-0.1, -0.05) is 0 Å². The molecule has 13 heavy (non-hydrogen) atoms. The zero-order valence-corrected chi connectivity index (χ0v) is 7.45. The average molecular weight is 180 g/mol. The van der Waals surface area contributed by atoms with E-state index in [1.165, 1.54) is 0 Å². The lowest BCUT2D eigenvalue weighted by Gasteiger charge is -2.01. The fourth-order valence-corrected chi connectivity index (χ4v) is 1.02. The Morgan fingerprint density at radius 3 is 3.08 bits per heavy atom. The van der Waals surface area contributed by atoms with Crippen LogP contribution in [0.3, 0.4) is 0 Å². The fraction of sp³-hybridized carbons (Fsp3) is 0.333. The van der Waals surface area contributed by atoms with Gasteiger partial charge in [0.1, 0.15) is 0 Å². The van der Waals surface area contributed by atoms with Crippen molar-refractivity contribution >= 4 is 5.91 Å². The summed E-state index contributed by atoms with van der Waals surface area (Å²) >= 11 is 0. The zero-order valence-electron chi connectivity index (χ0n) is 7.45. The van der Waals surface area contributed by atoms with Crippen LogP contribution in [0.1, 0.15) is 16.1 Å². The molecule has 0 bridgehead atoms. The number of nitrogens with zero attached hydrogens (tertiary/aromatic N) is 1. The van der Waals surface area contributed by atoms with Crippen LogP contribution in [0.2, 0.25) is 0 Å². The summed E-state index contributed by atoms with van der Waals surface area (Å²) in [7, 11) is 1.58.